The lowest BCUT2D eigenvalue weighted by molar-refractivity contribution is -0.134. The van der Waals surface area contributed by atoms with Crippen LogP contribution in [0.15, 0.2) is 12.3 Å². The molecule has 6 heteroatoms. The van der Waals surface area contributed by atoms with E-state index in [1.165, 1.54) is 0 Å². The van der Waals surface area contributed by atoms with Crippen molar-refractivity contribution in [2.45, 2.75) is 38.8 Å². The van der Waals surface area contributed by atoms with Gasteiger partial charge in [-0.05, 0) is 31.2 Å². The van der Waals surface area contributed by atoms with Crippen LogP contribution in [0.1, 0.15) is 26.2 Å². The fourth-order valence-corrected chi connectivity index (χ4v) is 2.51. The molecule has 1 aliphatic rings. The Morgan fingerprint density at radius 2 is 2.26 bits per heavy atom. The van der Waals surface area contributed by atoms with Gasteiger partial charge in [0.05, 0.1) is 12.2 Å². The molecule has 1 saturated heterocycles. The minimum absolute atomic E-state index is 0.0511. The molecule has 1 aromatic rings. The van der Waals surface area contributed by atoms with Crippen LogP contribution in [0.25, 0.3) is 0 Å². The average Bonchev–Trinajstić information content (AvgIpc) is 2.81. The summed E-state index contributed by atoms with van der Waals surface area (Å²) in [5.41, 5.74) is 5.97. The van der Waals surface area contributed by atoms with Crippen molar-refractivity contribution in [3.8, 4) is 0 Å². The first kappa shape index (κ1) is 14.3. The van der Waals surface area contributed by atoms with Gasteiger partial charge >= 0.3 is 0 Å². The average molecular weight is 285 g/mol. The van der Waals surface area contributed by atoms with Gasteiger partial charge in [-0.3, -0.25) is 9.48 Å². The minimum Gasteiger partial charge on any atom is -0.341 e. The molecule has 0 bridgehead atoms. The van der Waals surface area contributed by atoms with Gasteiger partial charge in [0, 0.05) is 19.6 Å². The highest BCUT2D eigenvalue weighted by atomic mass is 35.5. The first-order valence-electron chi connectivity index (χ1n) is 6.79. The predicted octanol–water partition coefficient (Wildman–Crippen LogP) is 1.51. The number of halogens is 1. The maximum atomic E-state index is 12.2. The molecule has 1 atom stereocenters. The minimum atomic E-state index is -0.464. The lowest BCUT2D eigenvalue weighted by Gasteiger charge is -2.32. The highest BCUT2D eigenvalue weighted by molar-refractivity contribution is 6.29. The molecule has 1 amide bonds. The number of aryl methyl sites for hydroxylation is 1. The number of likely N-dealkylation sites (tertiary alicyclic amines) is 1. The summed E-state index contributed by atoms with van der Waals surface area (Å²) < 4.78 is 1.66. The Balaban J connectivity index is 1.81. The van der Waals surface area contributed by atoms with Crippen molar-refractivity contribution in [3.05, 3.63) is 17.4 Å². The lowest BCUT2D eigenvalue weighted by atomic mass is 9.98. The number of nitrogens with two attached hydrogens (primary N) is 1. The molecule has 2 heterocycles. The lowest BCUT2D eigenvalue weighted by Crippen LogP contribution is -2.47. The van der Waals surface area contributed by atoms with Crippen LogP contribution in [-0.4, -0.2) is 39.7 Å². The number of aromatic nitrogens is 2. The molecule has 2 N–H and O–H groups in total. The summed E-state index contributed by atoms with van der Waals surface area (Å²) in [4.78, 5) is 14.1. The van der Waals surface area contributed by atoms with Crippen LogP contribution in [0.3, 0.4) is 0 Å². The van der Waals surface area contributed by atoms with Gasteiger partial charge in [0.2, 0.25) is 5.91 Å². The molecule has 5 nitrogen and oxygen atoms in total. The number of nitrogens with zero attached hydrogens (tertiary/aromatic N) is 3. The van der Waals surface area contributed by atoms with Crippen LogP contribution in [0.4, 0.5) is 0 Å². The summed E-state index contributed by atoms with van der Waals surface area (Å²) in [7, 11) is 0. The third kappa shape index (κ3) is 3.70. The van der Waals surface area contributed by atoms with E-state index in [0.29, 0.717) is 24.0 Å². The Labute approximate surface area is 118 Å². The van der Waals surface area contributed by atoms with Crippen LogP contribution >= 0.6 is 11.6 Å². The topological polar surface area (TPSA) is 64.2 Å². The SMILES string of the molecule is CC1CCN(C(=O)C(N)CCn2nccc2Cl)CC1. The molecule has 2 rings (SSSR count). The molecule has 1 aliphatic heterocycles. The maximum Gasteiger partial charge on any atom is 0.239 e. The van der Waals surface area contributed by atoms with Gasteiger partial charge in [0.1, 0.15) is 5.15 Å². The van der Waals surface area contributed by atoms with Gasteiger partial charge in [0.25, 0.3) is 0 Å². The number of carbonyl (C=O) groups is 1. The number of hydrogen-bond acceptors (Lipinski definition) is 3. The summed E-state index contributed by atoms with van der Waals surface area (Å²) >= 11 is 5.93. The summed E-state index contributed by atoms with van der Waals surface area (Å²) in [6.07, 6.45) is 4.35. The van der Waals surface area contributed by atoms with E-state index in [9.17, 15) is 4.79 Å². The van der Waals surface area contributed by atoms with Crippen LogP contribution in [0, 0.1) is 5.92 Å². The summed E-state index contributed by atoms with van der Waals surface area (Å²) in [5, 5.41) is 4.65. The highest BCUT2D eigenvalue weighted by Gasteiger charge is 2.24. The van der Waals surface area contributed by atoms with E-state index in [-0.39, 0.29) is 5.91 Å². The Morgan fingerprint density at radius 3 is 2.84 bits per heavy atom. The molecule has 0 aliphatic carbocycles. The number of carbonyl (C=O) groups excluding carboxylic acids is 1. The van der Waals surface area contributed by atoms with Crippen LogP contribution in [0.5, 0.6) is 0 Å². The zero-order valence-corrected chi connectivity index (χ0v) is 12.0. The second-order valence-electron chi connectivity index (χ2n) is 5.28. The Hall–Kier alpha value is -1.07. The van der Waals surface area contributed by atoms with E-state index in [2.05, 4.69) is 12.0 Å². The molecule has 0 saturated carbocycles. The van der Waals surface area contributed by atoms with Gasteiger partial charge in [-0.1, -0.05) is 18.5 Å². The molecule has 19 heavy (non-hydrogen) atoms. The zero-order valence-electron chi connectivity index (χ0n) is 11.3. The Bertz CT molecular complexity index is 426. The van der Waals surface area contributed by atoms with E-state index in [4.69, 9.17) is 17.3 Å². The Morgan fingerprint density at radius 1 is 1.58 bits per heavy atom. The molecule has 1 unspecified atom stereocenters. The van der Waals surface area contributed by atoms with Crippen molar-refractivity contribution < 1.29 is 4.79 Å². The molecule has 106 valence electrons. The number of hydrogen-bond donors (Lipinski definition) is 1. The molecule has 0 aromatic carbocycles. The molecule has 1 aromatic heterocycles. The standard InChI is InChI=1S/C13H21ClN4O/c1-10-3-7-17(8-4-10)13(19)11(15)5-9-18-12(14)2-6-16-18/h2,6,10-11H,3-5,7-9,15H2,1H3. The molecule has 0 radical (unpaired) electrons. The fourth-order valence-electron chi connectivity index (χ4n) is 2.33. The molecule has 0 spiro atoms. The molecular weight excluding hydrogens is 264 g/mol. The summed E-state index contributed by atoms with van der Waals surface area (Å²) in [5.74, 6) is 0.762. The normalized spacial score (nSPS) is 18.6. The Kier molecular flexibility index (Phi) is 4.82. The maximum absolute atomic E-state index is 12.2. The monoisotopic (exact) mass is 284 g/mol. The van der Waals surface area contributed by atoms with Crippen LogP contribution in [-0.2, 0) is 11.3 Å². The number of amides is 1. The van der Waals surface area contributed by atoms with Gasteiger partial charge in [0.15, 0.2) is 0 Å². The summed E-state index contributed by atoms with van der Waals surface area (Å²) in [6.45, 7) is 4.46. The van der Waals surface area contributed by atoms with E-state index >= 15 is 0 Å². The van der Waals surface area contributed by atoms with Crippen molar-refractivity contribution in [1.29, 1.82) is 0 Å². The third-order valence-corrected chi connectivity index (χ3v) is 4.05. The van der Waals surface area contributed by atoms with Crippen molar-refractivity contribution in [1.82, 2.24) is 14.7 Å². The quantitative estimate of drug-likeness (QED) is 0.911. The van der Waals surface area contributed by atoms with Crippen LogP contribution < -0.4 is 5.73 Å². The van der Waals surface area contributed by atoms with Crippen molar-refractivity contribution >= 4 is 17.5 Å². The number of piperidine rings is 1. The highest BCUT2D eigenvalue weighted by Crippen LogP contribution is 2.17. The van der Waals surface area contributed by atoms with E-state index in [1.54, 1.807) is 16.9 Å². The largest absolute Gasteiger partial charge is 0.341 e. The van der Waals surface area contributed by atoms with Gasteiger partial charge in [-0.2, -0.15) is 5.10 Å². The van der Waals surface area contributed by atoms with Crippen LogP contribution in [0.2, 0.25) is 5.15 Å². The summed E-state index contributed by atoms with van der Waals surface area (Å²) in [6, 6.07) is 1.26. The van der Waals surface area contributed by atoms with E-state index in [0.717, 1.165) is 25.9 Å². The van der Waals surface area contributed by atoms with E-state index in [1.807, 2.05) is 4.90 Å². The molecule has 1 fully saturated rings. The fraction of sp³-hybridized carbons (Fsp3) is 0.692. The molecular formula is C13H21ClN4O. The van der Waals surface area contributed by atoms with Crippen molar-refractivity contribution in [2.24, 2.45) is 11.7 Å². The second-order valence-corrected chi connectivity index (χ2v) is 5.67. The van der Waals surface area contributed by atoms with Gasteiger partial charge < -0.3 is 10.6 Å². The van der Waals surface area contributed by atoms with Gasteiger partial charge in [-0.15, -0.1) is 0 Å². The number of rotatable bonds is 4. The van der Waals surface area contributed by atoms with E-state index < -0.39 is 6.04 Å². The third-order valence-electron chi connectivity index (χ3n) is 3.73. The first-order chi connectivity index (χ1) is 9.08. The smallest absolute Gasteiger partial charge is 0.239 e. The second kappa shape index (κ2) is 6.39. The predicted molar refractivity (Wildman–Crippen MR) is 74.8 cm³/mol. The van der Waals surface area contributed by atoms with Gasteiger partial charge in [-0.25, -0.2) is 0 Å². The zero-order chi connectivity index (χ0) is 13.8. The first-order valence-corrected chi connectivity index (χ1v) is 7.17. The van der Waals surface area contributed by atoms with Crippen molar-refractivity contribution in [2.75, 3.05) is 13.1 Å². The van der Waals surface area contributed by atoms with Crippen molar-refractivity contribution in [3.63, 3.8) is 0 Å².